The van der Waals surface area contributed by atoms with E-state index in [2.05, 4.69) is 10.2 Å². The van der Waals surface area contributed by atoms with E-state index < -0.39 is 5.60 Å². The first-order valence-electron chi connectivity index (χ1n) is 6.09. The van der Waals surface area contributed by atoms with Crippen LogP contribution < -0.4 is 5.32 Å². The molecule has 0 bridgehead atoms. The second-order valence-corrected chi connectivity index (χ2v) is 4.66. The zero-order valence-electron chi connectivity index (χ0n) is 9.78. The molecular formula is C11H22N2O3. The predicted octanol–water partition coefficient (Wildman–Crippen LogP) is -0.940. The van der Waals surface area contributed by atoms with Gasteiger partial charge in [0.25, 0.3) is 0 Å². The van der Waals surface area contributed by atoms with Crippen LogP contribution in [0.3, 0.4) is 0 Å². The number of rotatable bonds is 5. The number of nitrogens with one attached hydrogen (secondary N) is 1. The molecule has 1 atom stereocenters. The maximum atomic E-state index is 10.0. The first kappa shape index (κ1) is 12.3. The van der Waals surface area contributed by atoms with E-state index in [1.54, 1.807) is 0 Å². The van der Waals surface area contributed by atoms with Gasteiger partial charge in [-0.2, -0.15) is 0 Å². The van der Waals surface area contributed by atoms with Gasteiger partial charge in [-0.3, -0.25) is 4.90 Å². The molecule has 5 nitrogen and oxygen atoms in total. The second-order valence-electron chi connectivity index (χ2n) is 4.66. The lowest BCUT2D eigenvalue weighted by atomic mass is 10.0. The first-order chi connectivity index (χ1) is 7.79. The van der Waals surface area contributed by atoms with Crippen LogP contribution in [0.1, 0.15) is 6.42 Å². The molecular weight excluding hydrogens is 208 g/mol. The summed E-state index contributed by atoms with van der Waals surface area (Å²) in [5.41, 5.74) is -0.634. The zero-order valence-corrected chi connectivity index (χ0v) is 9.78. The molecule has 0 aliphatic carbocycles. The molecule has 0 aromatic rings. The lowest BCUT2D eigenvalue weighted by Gasteiger charge is -2.27. The van der Waals surface area contributed by atoms with Crippen molar-refractivity contribution in [2.24, 2.45) is 0 Å². The zero-order chi connectivity index (χ0) is 11.3. The summed E-state index contributed by atoms with van der Waals surface area (Å²) in [6.07, 6.45) is 0.748. The van der Waals surface area contributed by atoms with Crippen LogP contribution in [-0.2, 0) is 9.47 Å². The molecule has 2 rings (SSSR count). The van der Waals surface area contributed by atoms with E-state index in [1.807, 2.05) is 0 Å². The van der Waals surface area contributed by atoms with Gasteiger partial charge in [0.2, 0.25) is 0 Å². The molecule has 1 unspecified atom stereocenters. The molecule has 0 radical (unpaired) electrons. The van der Waals surface area contributed by atoms with Crippen LogP contribution in [0.4, 0.5) is 0 Å². The minimum Gasteiger partial charge on any atom is -0.386 e. The maximum Gasteiger partial charge on any atom is 0.102 e. The van der Waals surface area contributed by atoms with Crippen molar-refractivity contribution in [1.82, 2.24) is 10.2 Å². The average molecular weight is 230 g/mol. The molecule has 94 valence electrons. The SMILES string of the molecule is OC1(CNCCN2CCOCC2)CCOC1. The van der Waals surface area contributed by atoms with Crippen molar-refractivity contribution < 1.29 is 14.6 Å². The van der Waals surface area contributed by atoms with Crippen molar-refractivity contribution in [2.45, 2.75) is 12.0 Å². The molecule has 2 fully saturated rings. The topological polar surface area (TPSA) is 54.0 Å². The summed E-state index contributed by atoms with van der Waals surface area (Å²) in [6, 6.07) is 0. The van der Waals surface area contributed by atoms with Gasteiger partial charge in [0.1, 0.15) is 5.60 Å². The summed E-state index contributed by atoms with van der Waals surface area (Å²) < 4.78 is 10.5. The van der Waals surface area contributed by atoms with Crippen molar-refractivity contribution in [1.29, 1.82) is 0 Å². The highest BCUT2D eigenvalue weighted by atomic mass is 16.5. The van der Waals surface area contributed by atoms with E-state index in [1.165, 1.54) is 0 Å². The Labute approximate surface area is 96.7 Å². The lowest BCUT2D eigenvalue weighted by Crippen LogP contribution is -2.45. The van der Waals surface area contributed by atoms with E-state index in [9.17, 15) is 5.11 Å². The van der Waals surface area contributed by atoms with Gasteiger partial charge in [-0.25, -0.2) is 0 Å². The Kier molecular flexibility index (Phi) is 4.55. The van der Waals surface area contributed by atoms with Crippen LogP contribution in [0.25, 0.3) is 0 Å². The monoisotopic (exact) mass is 230 g/mol. The molecule has 2 saturated heterocycles. The molecule has 0 aromatic carbocycles. The van der Waals surface area contributed by atoms with E-state index in [-0.39, 0.29) is 0 Å². The second kappa shape index (κ2) is 5.93. The fourth-order valence-corrected chi connectivity index (χ4v) is 2.12. The summed E-state index contributed by atoms with van der Waals surface area (Å²) in [4.78, 5) is 2.38. The van der Waals surface area contributed by atoms with E-state index in [0.29, 0.717) is 19.8 Å². The Hall–Kier alpha value is -0.200. The third-order valence-corrected chi connectivity index (χ3v) is 3.25. The summed E-state index contributed by atoms with van der Waals surface area (Å²) in [5.74, 6) is 0. The van der Waals surface area contributed by atoms with Crippen LogP contribution in [0, 0.1) is 0 Å². The standard InChI is InChI=1S/C11H22N2O3/c14-11(1-6-16-10-11)9-12-2-3-13-4-7-15-8-5-13/h12,14H,1-10H2. The highest BCUT2D eigenvalue weighted by molar-refractivity contribution is 4.84. The van der Waals surface area contributed by atoms with Crippen molar-refractivity contribution >= 4 is 0 Å². The normalized spacial score (nSPS) is 32.1. The fraction of sp³-hybridized carbons (Fsp3) is 1.00. The third kappa shape index (κ3) is 3.68. The molecule has 0 amide bonds. The summed E-state index contributed by atoms with van der Waals surface area (Å²) in [6.45, 7) is 7.47. The number of hydrogen-bond donors (Lipinski definition) is 2. The molecule has 2 heterocycles. The van der Waals surface area contributed by atoms with Gasteiger partial charge in [0, 0.05) is 45.8 Å². The Balaban J connectivity index is 1.54. The van der Waals surface area contributed by atoms with Crippen LogP contribution >= 0.6 is 0 Å². The molecule has 5 heteroatoms. The smallest absolute Gasteiger partial charge is 0.102 e. The van der Waals surface area contributed by atoms with Crippen LogP contribution in [0.2, 0.25) is 0 Å². The minimum atomic E-state index is -0.634. The number of nitrogens with zero attached hydrogens (tertiary/aromatic N) is 1. The van der Waals surface area contributed by atoms with E-state index in [0.717, 1.165) is 45.8 Å². The molecule has 0 spiro atoms. The first-order valence-corrected chi connectivity index (χ1v) is 6.09. The number of hydrogen-bond acceptors (Lipinski definition) is 5. The van der Waals surface area contributed by atoms with Crippen molar-refractivity contribution in [3.63, 3.8) is 0 Å². The summed E-state index contributed by atoms with van der Waals surface area (Å²) >= 11 is 0. The van der Waals surface area contributed by atoms with Gasteiger partial charge in [-0.15, -0.1) is 0 Å². The van der Waals surface area contributed by atoms with Gasteiger partial charge in [-0.1, -0.05) is 0 Å². The van der Waals surface area contributed by atoms with Gasteiger partial charge in [-0.05, 0) is 0 Å². The van der Waals surface area contributed by atoms with Gasteiger partial charge in [0.15, 0.2) is 0 Å². The molecule has 2 aliphatic rings. The minimum absolute atomic E-state index is 0.470. The van der Waals surface area contributed by atoms with Crippen molar-refractivity contribution in [2.75, 3.05) is 59.2 Å². The molecule has 2 N–H and O–H groups in total. The van der Waals surface area contributed by atoms with Gasteiger partial charge >= 0.3 is 0 Å². The van der Waals surface area contributed by atoms with Crippen LogP contribution in [0.15, 0.2) is 0 Å². The Morgan fingerprint density at radius 2 is 2.00 bits per heavy atom. The Morgan fingerprint density at radius 1 is 1.19 bits per heavy atom. The number of morpholine rings is 1. The lowest BCUT2D eigenvalue weighted by molar-refractivity contribution is 0.0227. The third-order valence-electron chi connectivity index (χ3n) is 3.25. The van der Waals surface area contributed by atoms with Crippen molar-refractivity contribution in [3.8, 4) is 0 Å². The summed E-state index contributed by atoms with van der Waals surface area (Å²) in [7, 11) is 0. The fourth-order valence-electron chi connectivity index (χ4n) is 2.12. The Bertz CT molecular complexity index is 201. The largest absolute Gasteiger partial charge is 0.386 e. The van der Waals surface area contributed by atoms with Crippen molar-refractivity contribution in [3.05, 3.63) is 0 Å². The molecule has 16 heavy (non-hydrogen) atoms. The summed E-state index contributed by atoms with van der Waals surface area (Å²) in [5, 5.41) is 13.3. The average Bonchev–Trinajstić information content (AvgIpc) is 2.74. The molecule has 0 aromatic heterocycles. The quantitative estimate of drug-likeness (QED) is 0.597. The predicted molar refractivity (Wildman–Crippen MR) is 60.5 cm³/mol. The highest BCUT2D eigenvalue weighted by Gasteiger charge is 2.31. The van der Waals surface area contributed by atoms with E-state index in [4.69, 9.17) is 9.47 Å². The highest BCUT2D eigenvalue weighted by Crippen LogP contribution is 2.16. The molecule has 2 aliphatic heterocycles. The Morgan fingerprint density at radius 3 is 2.69 bits per heavy atom. The van der Waals surface area contributed by atoms with Crippen LogP contribution in [0.5, 0.6) is 0 Å². The number of aliphatic hydroxyl groups is 1. The van der Waals surface area contributed by atoms with Crippen LogP contribution in [-0.4, -0.2) is 74.8 Å². The number of ether oxygens (including phenoxy) is 2. The molecule has 0 saturated carbocycles. The van der Waals surface area contributed by atoms with Gasteiger partial charge in [0.05, 0.1) is 19.8 Å². The van der Waals surface area contributed by atoms with Gasteiger partial charge < -0.3 is 19.9 Å². The van der Waals surface area contributed by atoms with E-state index >= 15 is 0 Å². The maximum absolute atomic E-state index is 10.0.